The van der Waals surface area contributed by atoms with E-state index in [1.165, 1.54) is 6.42 Å². The van der Waals surface area contributed by atoms with Gasteiger partial charge in [-0.15, -0.1) is 0 Å². The van der Waals surface area contributed by atoms with Crippen molar-refractivity contribution in [2.45, 2.75) is 62.9 Å². The smallest absolute Gasteiger partial charge is 0.268 e. The van der Waals surface area contributed by atoms with E-state index in [-0.39, 0.29) is 23.4 Å². The zero-order valence-electron chi connectivity index (χ0n) is 16.0. The molecule has 5 rings (SSSR count). The highest BCUT2D eigenvalue weighted by Crippen LogP contribution is 2.40. The van der Waals surface area contributed by atoms with E-state index in [2.05, 4.69) is 30.5 Å². The van der Waals surface area contributed by atoms with Crippen molar-refractivity contribution >= 4 is 28.8 Å². The Kier molecular flexibility index (Phi) is 4.30. The van der Waals surface area contributed by atoms with Crippen LogP contribution >= 0.6 is 0 Å². The monoisotopic (exact) mass is 382 g/mol. The predicted molar refractivity (Wildman–Crippen MR) is 105 cm³/mol. The highest BCUT2D eigenvalue weighted by Gasteiger charge is 2.41. The van der Waals surface area contributed by atoms with Crippen LogP contribution in [0.2, 0.25) is 0 Å². The molecule has 2 aromatic rings. The normalized spacial score (nSPS) is 23.6. The molecular weight excluding hydrogens is 356 g/mol. The second-order valence-electron chi connectivity index (χ2n) is 8.35. The van der Waals surface area contributed by atoms with Gasteiger partial charge < -0.3 is 15.2 Å². The van der Waals surface area contributed by atoms with Crippen molar-refractivity contribution < 1.29 is 9.59 Å². The fourth-order valence-corrected chi connectivity index (χ4v) is 5.05. The van der Waals surface area contributed by atoms with Gasteiger partial charge in [0, 0.05) is 30.6 Å². The van der Waals surface area contributed by atoms with Gasteiger partial charge in [-0.25, -0.2) is 4.98 Å². The minimum Gasteiger partial charge on any atom is -0.348 e. The van der Waals surface area contributed by atoms with Gasteiger partial charge in [-0.2, -0.15) is 4.98 Å². The average molecular weight is 382 g/mol. The van der Waals surface area contributed by atoms with Crippen LogP contribution in [0.1, 0.15) is 61.9 Å². The number of carbonyl (C=O) groups is 2. The number of carbonyl (C=O) groups excluding carboxylic acids is 2. The van der Waals surface area contributed by atoms with Crippen molar-refractivity contribution in [3.8, 4) is 0 Å². The van der Waals surface area contributed by atoms with Crippen molar-refractivity contribution in [2.75, 3.05) is 18.4 Å². The van der Waals surface area contributed by atoms with E-state index in [9.17, 15) is 9.59 Å². The number of hydrogen-bond acceptors (Lipinski definition) is 5. The Hall–Kier alpha value is -2.48. The van der Waals surface area contributed by atoms with Gasteiger partial charge in [-0.1, -0.05) is 19.3 Å². The van der Waals surface area contributed by atoms with Crippen LogP contribution in [0.5, 0.6) is 0 Å². The van der Waals surface area contributed by atoms with E-state index in [0.29, 0.717) is 24.6 Å². The van der Waals surface area contributed by atoms with Gasteiger partial charge in [0.05, 0.1) is 5.54 Å². The van der Waals surface area contributed by atoms with E-state index >= 15 is 0 Å². The third-order valence-electron chi connectivity index (χ3n) is 6.46. The Morgan fingerprint density at radius 3 is 2.93 bits per heavy atom. The number of hydrogen-bond donors (Lipinski definition) is 3. The summed E-state index contributed by atoms with van der Waals surface area (Å²) in [4.78, 5) is 33.8. The number of nitrogens with zero attached hydrogens (tertiary/aromatic N) is 3. The topological polar surface area (TPSA) is 101 Å². The first-order chi connectivity index (χ1) is 13.6. The van der Waals surface area contributed by atoms with Crippen LogP contribution < -0.4 is 16.0 Å². The Balaban J connectivity index is 1.48. The molecule has 4 heterocycles. The summed E-state index contributed by atoms with van der Waals surface area (Å²) < 4.78 is 2.12. The minimum atomic E-state index is -0.118. The van der Waals surface area contributed by atoms with Crippen molar-refractivity contribution in [2.24, 2.45) is 0 Å². The van der Waals surface area contributed by atoms with Crippen molar-refractivity contribution in [3.05, 3.63) is 18.0 Å². The number of anilines is 1. The molecule has 3 aliphatic rings. The summed E-state index contributed by atoms with van der Waals surface area (Å²) in [6.45, 7) is 1.61. The molecule has 0 bridgehead atoms. The third-order valence-corrected chi connectivity index (χ3v) is 6.46. The molecule has 1 saturated carbocycles. The molecule has 0 unspecified atom stereocenters. The number of nitrogens with one attached hydrogen (secondary N) is 3. The van der Waals surface area contributed by atoms with Crippen LogP contribution in [0.25, 0.3) is 11.0 Å². The van der Waals surface area contributed by atoms with Gasteiger partial charge >= 0.3 is 0 Å². The van der Waals surface area contributed by atoms with Crippen LogP contribution in [-0.4, -0.2) is 45.5 Å². The average Bonchev–Trinajstić information content (AvgIpc) is 3.34. The van der Waals surface area contributed by atoms with E-state index in [1.807, 2.05) is 6.07 Å². The molecule has 3 N–H and O–H groups in total. The van der Waals surface area contributed by atoms with E-state index in [4.69, 9.17) is 0 Å². The lowest BCUT2D eigenvalue weighted by Crippen LogP contribution is -2.52. The first-order valence-electron chi connectivity index (χ1n) is 10.4. The number of amides is 2. The zero-order valence-corrected chi connectivity index (χ0v) is 16.0. The molecule has 2 aromatic heterocycles. The molecular formula is C20H26N6O2. The highest BCUT2D eigenvalue weighted by atomic mass is 16.2. The highest BCUT2D eigenvalue weighted by molar-refractivity contribution is 5.99. The summed E-state index contributed by atoms with van der Waals surface area (Å²) in [6, 6.07) is 2.10. The Morgan fingerprint density at radius 1 is 1.29 bits per heavy atom. The molecule has 0 aromatic carbocycles. The second kappa shape index (κ2) is 6.84. The van der Waals surface area contributed by atoms with Crippen molar-refractivity contribution in [3.63, 3.8) is 0 Å². The fraction of sp³-hybridized carbons (Fsp3) is 0.600. The number of rotatable bonds is 3. The first-order valence-corrected chi connectivity index (χ1v) is 10.4. The number of aromatic nitrogens is 3. The van der Waals surface area contributed by atoms with Crippen molar-refractivity contribution in [1.82, 2.24) is 25.2 Å². The van der Waals surface area contributed by atoms with Gasteiger partial charge in [0.2, 0.25) is 11.9 Å². The third kappa shape index (κ3) is 2.96. The summed E-state index contributed by atoms with van der Waals surface area (Å²) in [5, 5.41) is 10.1. The van der Waals surface area contributed by atoms with E-state index in [1.54, 1.807) is 6.20 Å². The maximum Gasteiger partial charge on any atom is 0.268 e. The van der Waals surface area contributed by atoms with E-state index < -0.39 is 0 Å². The van der Waals surface area contributed by atoms with Crippen LogP contribution in [0, 0.1) is 0 Å². The van der Waals surface area contributed by atoms with Crippen LogP contribution in [0.4, 0.5) is 5.95 Å². The van der Waals surface area contributed by atoms with Gasteiger partial charge in [0.25, 0.3) is 5.91 Å². The minimum absolute atomic E-state index is 0.0629. The molecule has 0 radical (unpaired) electrons. The molecule has 2 amide bonds. The lowest BCUT2D eigenvalue weighted by molar-refractivity contribution is -0.116. The summed E-state index contributed by atoms with van der Waals surface area (Å²) >= 11 is 0. The largest absolute Gasteiger partial charge is 0.348 e. The number of fused-ring (bicyclic) bond motifs is 4. The first kappa shape index (κ1) is 17.6. The maximum absolute atomic E-state index is 12.5. The van der Waals surface area contributed by atoms with Gasteiger partial charge in [-0.3, -0.25) is 14.9 Å². The summed E-state index contributed by atoms with van der Waals surface area (Å²) in [5.74, 6) is 0.176. The molecule has 1 saturated heterocycles. The lowest BCUT2D eigenvalue weighted by Gasteiger charge is -2.42. The molecule has 8 heteroatoms. The van der Waals surface area contributed by atoms with Gasteiger partial charge in [0.15, 0.2) is 0 Å². The molecule has 2 fully saturated rings. The molecule has 28 heavy (non-hydrogen) atoms. The standard InChI is InChI=1S/C20H26N6O2/c27-16(10-14-5-4-8-21-14)24-19-22-11-13-9-15-18(28)23-12-20(6-2-1-3-7-20)26(15)17(13)25-19/h9,11,14,21H,1-8,10,12H2,(H,23,28)(H,22,24,25,27)/t14-/m0/s1. The fourth-order valence-electron chi connectivity index (χ4n) is 5.05. The molecule has 8 nitrogen and oxygen atoms in total. The van der Waals surface area contributed by atoms with E-state index in [0.717, 1.165) is 56.1 Å². The SMILES string of the molecule is O=C(C[C@@H]1CCCN1)Nc1ncc2cc3n(c2n1)C1(CCCCC1)CNC3=O. The lowest BCUT2D eigenvalue weighted by atomic mass is 9.80. The van der Waals surface area contributed by atoms with Crippen LogP contribution in [-0.2, 0) is 10.3 Å². The zero-order chi connectivity index (χ0) is 19.1. The van der Waals surface area contributed by atoms with Crippen LogP contribution in [0.3, 0.4) is 0 Å². The van der Waals surface area contributed by atoms with Gasteiger partial charge in [0.1, 0.15) is 11.3 Å². The Bertz CT molecular complexity index is 924. The second-order valence-corrected chi connectivity index (χ2v) is 8.35. The molecule has 148 valence electrons. The quantitative estimate of drug-likeness (QED) is 0.753. The Morgan fingerprint density at radius 2 is 2.14 bits per heavy atom. The maximum atomic E-state index is 12.5. The molecule has 2 aliphatic heterocycles. The van der Waals surface area contributed by atoms with Gasteiger partial charge in [-0.05, 0) is 38.3 Å². The molecule has 1 atom stereocenters. The van der Waals surface area contributed by atoms with Crippen molar-refractivity contribution in [1.29, 1.82) is 0 Å². The summed E-state index contributed by atoms with van der Waals surface area (Å²) in [6.07, 6.45) is 9.87. The molecule has 1 spiro atoms. The summed E-state index contributed by atoms with van der Waals surface area (Å²) in [7, 11) is 0. The molecule has 1 aliphatic carbocycles. The Labute approximate surface area is 163 Å². The van der Waals surface area contributed by atoms with Crippen LogP contribution in [0.15, 0.2) is 12.3 Å². The predicted octanol–water partition coefficient (Wildman–Crippen LogP) is 1.91. The summed E-state index contributed by atoms with van der Waals surface area (Å²) in [5.41, 5.74) is 1.28.